The maximum atomic E-state index is 11.7. The molecule has 2 rings (SSSR count). The number of nitrogens with zero attached hydrogens (tertiary/aromatic N) is 2. The molecule has 2 heterocycles. The van der Waals surface area contributed by atoms with Gasteiger partial charge in [0.2, 0.25) is 5.89 Å². The molecule has 4 N–H and O–H groups in total. The van der Waals surface area contributed by atoms with Crippen molar-refractivity contribution in [1.29, 1.82) is 0 Å². The highest BCUT2D eigenvalue weighted by Crippen LogP contribution is 2.14. The molecule has 1 aromatic rings. The van der Waals surface area contributed by atoms with Gasteiger partial charge in [-0.1, -0.05) is 19.0 Å². The number of piperidine rings is 1. The lowest BCUT2D eigenvalue weighted by Gasteiger charge is -2.32. The number of urea groups is 1. The fraction of sp³-hybridized carbons (Fsp3) is 0.769. The fourth-order valence-electron chi connectivity index (χ4n) is 2.14. The van der Waals surface area contributed by atoms with Gasteiger partial charge in [0.25, 0.3) is 0 Å². The fourth-order valence-corrected chi connectivity index (χ4v) is 2.14. The smallest absolute Gasteiger partial charge is 0.315 e. The lowest BCUT2D eigenvalue weighted by Crippen LogP contribution is -2.54. The van der Waals surface area contributed by atoms with Crippen molar-refractivity contribution in [3.05, 3.63) is 11.7 Å². The molecule has 8 nitrogen and oxygen atoms in total. The molecule has 118 valence electrons. The largest absolute Gasteiger partial charge is 0.387 e. The Balaban J connectivity index is 1.71. The van der Waals surface area contributed by atoms with Gasteiger partial charge in [-0.3, -0.25) is 0 Å². The molecule has 0 radical (unpaired) electrons. The summed E-state index contributed by atoms with van der Waals surface area (Å²) in [4.78, 5) is 15.9. The summed E-state index contributed by atoms with van der Waals surface area (Å²) in [6.45, 7) is 5.72. The van der Waals surface area contributed by atoms with E-state index >= 15 is 0 Å². The van der Waals surface area contributed by atoms with E-state index in [4.69, 9.17) is 4.52 Å². The van der Waals surface area contributed by atoms with Crippen LogP contribution in [0.1, 0.15) is 44.3 Å². The normalized spacial score (nSPS) is 22.3. The number of carbonyl (C=O) groups excluding carboxylic acids is 1. The predicted octanol–water partition coefficient (Wildman–Crippen LogP) is 0.107. The molecule has 1 saturated heterocycles. The van der Waals surface area contributed by atoms with Crippen LogP contribution >= 0.6 is 0 Å². The van der Waals surface area contributed by atoms with Crippen molar-refractivity contribution in [1.82, 2.24) is 26.1 Å². The summed E-state index contributed by atoms with van der Waals surface area (Å²) in [5, 5.41) is 22.4. The molecule has 0 aliphatic carbocycles. The van der Waals surface area contributed by atoms with E-state index in [0.29, 0.717) is 24.7 Å². The van der Waals surface area contributed by atoms with E-state index < -0.39 is 5.60 Å². The van der Waals surface area contributed by atoms with Gasteiger partial charge in [-0.25, -0.2) is 4.79 Å². The van der Waals surface area contributed by atoms with Crippen LogP contribution in [-0.2, 0) is 6.54 Å². The highest BCUT2D eigenvalue weighted by Gasteiger charge is 2.29. The third-order valence-electron chi connectivity index (χ3n) is 3.41. The van der Waals surface area contributed by atoms with Crippen molar-refractivity contribution >= 4 is 6.03 Å². The SMILES string of the molecule is CC(C)c1nc(CNC(=O)NC[C@]2(O)CCCNC2)no1. The molecule has 0 saturated carbocycles. The van der Waals surface area contributed by atoms with Crippen LogP contribution in [0.25, 0.3) is 0 Å². The van der Waals surface area contributed by atoms with Crippen LogP contribution in [0.3, 0.4) is 0 Å². The van der Waals surface area contributed by atoms with Crippen LogP contribution in [0.5, 0.6) is 0 Å². The van der Waals surface area contributed by atoms with E-state index in [1.165, 1.54) is 0 Å². The van der Waals surface area contributed by atoms with Crippen LogP contribution in [0.2, 0.25) is 0 Å². The number of carbonyl (C=O) groups is 1. The first kappa shape index (κ1) is 15.7. The second-order valence-corrected chi connectivity index (χ2v) is 5.74. The number of aliphatic hydroxyl groups is 1. The summed E-state index contributed by atoms with van der Waals surface area (Å²) in [5.74, 6) is 1.15. The average molecular weight is 297 g/mol. The number of amides is 2. The van der Waals surface area contributed by atoms with Crippen LogP contribution in [0, 0.1) is 0 Å². The van der Waals surface area contributed by atoms with Gasteiger partial charge in [-0.15, -0.1) is 0 Å². The number of aromatic nitrogens is 2. The molecule has 21 heavy (non-hydrogen) atoms. The molecule has 8 heteroatoms. The molecular formula is C13H23N5O3. The summed E-state index contributed by atoms with van der Waals surface area (Å²) in [6.07, 6.45) is 1.59. The summed E-state index contributed by atoms with van der Waals surface area (Å²) < 4.78 is 5.05. The molecule has 0 unspecified atom stereocenters. The first-order valence-corrected chi connectivity index (χ1v) is 7.26. The molecule has 2 amide bonds. The zero-order valence-electron chi connectivity index (χ0n) is 12.5. The lowest BCUT2D eigenvalue weighted by molar-refractivity contribution is 0.0194. The molecule has 1 aliphatic heterocycles. The Morgan fingerprint density at radius 1 is 1.52 bits per heavy atom. The van der Waals surface area contributed by atoms with Crippen molar-refractivity contribution in [2.45, 2.75) is 44.8 Å². The first-order valence-electron chi connectivity index (χ1n) is 7.26. The highest BCUT2D eigenvalue weighted by molar-refractivity contribution is 5.73. The van der Waals surface area contributed by atoms with Crippen molar-refractivity contribution in [3.63, 3.8) is 0 Å². The Morgan fingerprint density at radius 2 is 2.33 bits per heavy atom. The quantitative estimate of drug-likeness (QED) is 0.613. The zero-order chi connectivity index (χ0) is 15.3. The van der Waals surface area contributed by atoms with Gasteiger partial charge in [0, 0.05) is 19.0 Å². The zero-order valence-corrected chi connectivity index (χ0v) is 12.5. The molecule has 0 spiro atoms. The molecule has 1 aliphatic rings. The van der Waals surface area contributed by atoms with Gasteiger partial charge in [0.05, 0.1) is 12.1 Å². The minimum atomic E-state index is -0.869. The third-order valence-corrected chi connectivity index (χ3v) is 3.41. The van der Waals surface area contributed by atoms with E-state index in [0.717, 1.165) is 13.0 Å². The molecule has 1 atom stereocenters. The lowest BCUT2D eigenvalue weighted by atomic mass is 9.94. The van der Waals surface area contributed by atoms with E-state index in [1.54, 1.807) is 0 Å². The topological polar surface area (TPSA) is 112 Å². The highest BCUT2D eigenvalue weighted by atomic mass is 16.5. The molecule has 1 aromatic heterocycles. The maximum absolute atomic E-state index is 11.7. The Bertz CT molecular complexity index is 468. The molecule has 0 bridgehead atoms. The number of β-amino-alcohol motifs (C(OH)–C–C–N with tert-alkyl or cyclic N) is 1. The summed E-state index contributed by atoms with van der Waals surface area (Å²) in [7, 11) is 0. The van der Waals surface area contributed by atoms with E-state index in [9.17, 15) is 9.90 Å². The van der Waals surface area contributed by atoms with Gasteiger partial charge < -0.3 is 25.6 Å². The predicted molar refractivity (Wildman–Crippen MR) is 75.7 cm³/mol. The Labute approximate surface area is 123 Å². The van der Waals surface area contributed by atoms with E-state index in [1.807, 2.05) is 13.8 Å². The second-order valence-electron chi connectivity index (χ2n) is 5.74. The van der Waals surface area contributed by atoms with Crippen molar-refractivity contribution in [2.75, 3.05) is 19.6 Å². The summed E-state index contributed by atoms with van der Waals surface area (Å²) in [5.41, 5.74) is -0.869. The van der Waals surface area contributed by atoms with Crippen LogP contribution in [0.15, 0.2) is 4.52 Å². The number of hydrogen-bond donors (Lipinski definition) is 4. The van der Waals surface area contributed by atoms with Gasteiger partial charge in [0.15, 0.2) is 5.82 Å². The summed E-state index contributed by atoms with van der Waals surface area (Å²) >= 11 is 0. The molecular weight excluding hydrogens is 274 g/mol. The van der Waals surface area contributed by atoms with Crippen LogP contribution in [-0.4, -0.2) is 46.5 Å². The second kappa shape index (κ2) is 6.86. The van der Waals surface area contributed by atoms with Gasteiger partial charge in [-0.05, 0) is 19.4 Å². The molecule has 1 fully saturated rings. The average Bonchev–Trinajstić information content (AvgIpc) is 2.93. The van der Waals surface area contributed by atoms with Crippen molar-refractivity contribution < 1.29 is 14.4 Å². The number of hydrogen-bond acceptors (Lipinski definition) is 6. The van der Waals surface area contributed by atoms with Crippen LogP contribution in [0.4, 0.5) is 4.79 Å². The standard InChI is InChI=1S/C13H23N5O3/c1-9(2)11-17-10(18-21-11)6-15-12(19)16-8-13(20)4-3-5-14-7-13/h9,14,20H,3-8H2,1-2H3,(H2,15,16,19)/t13-/m0/s1. The van der Waals surface area contributed by atoms with Gasteiger partial charge >= 0.3 is 6.03 Å². The number of nitrogens with one attached hydrogen (secondary N) is 3. The van der Waals surface area contributed by atoms with E-state index in [2.05, 4.69) is 26.1 Å². The Kier molecular flexibility index (Phi) is 5.13. The van der Waals surface area contributed by atoms with Crippen molar-refractivity contribution in [2.24, 2.45) is 0 Å². The monoisotopic (exact) mass is 297 g/mol. The minimum absolute atomic E-state index is 0.160. The van der Waals surface area contributed by atoms with E-state index in [-0.39, 0.29) is 25.0 Å². The number of rotatable bonds is 5. The molecule has 0 aromatic carbocycles. The third kappa shape index (κ3) is 4.68. The van der Waals surface area contributed by atoms with Crippen molar-refractivity contribution in [3.8, 4) is 0 Å². The summed E-state index contributed by atoms with van der Waals surface area (Å²) in [6, 6.07) is -0.357. The maximum Gasteiger partial charge on any atom is 0.315 e. The minimum Gasteiger partial charge on any atom is -0.387 e. The Hall–Kier alpha value is -1.67. The van der Waals surface area contributed by atoms with Crippen LogP contribution < -0.4 is 16.0 Å². The Morgan fingerprint density at radius 3 is 2.95 bits per heavy atom. The first-order chi connectivity index (χ1) is 9.98. The van der Waals surface area contributed by atoms with Gasteiger partial charge in [-0.2, -0.15) is 4.98 Å². The van der Waals surface area contributed by atoms with Gasteiger partial charge in [0.1, 0.15) is 0 Å².